The fourth-order valence-corrected chi connectivity index (χ4v) is 3.28. The van der Waals surface area contributed by atoms with Crippen LogP contribution in [0.3, 0.4) is 0 Å². The zero-order valence-electron chi connectivity index (χ0n) is 10.8. The van der Waals surface area contributed by atoms with Crippen LogP contribution in [0.25, 0.3) is 0 Å². The maximum atomic E-state index is 6.10. The summed E-state index contributed by atoms with van der Waals surface area (Å²) < 4.78 is 6.10. The average molecular weight is 247 g/mol. The maximum Gasteiger partial charge on any atom is 0.144 e. The molecule has 1 saturated heterocycles. The second-order valence-electron chi connectivity index (χ2n) is 5.52. The molecule has 2 heterocycles. The molecule has 1 aromatic rings. The first-order valence-corrected chi connectivity index (χ1v) is 7.03. The van der Waals surface area contributed by atoms with Gasteiger partial charge in [0.25, 0.3) is 0 Å². The van der Waals surface area contributed by atoms with Gasteiger partial charge in [-0.3, -0.25) is 4.98 Å². The number of hydrogen-bond acceptors (Lipinski definition) is 4. The van der Waals surface area contributed by atoms with Crippen molar-refractivity contribution < 1.29 is 4.74 Å². The van der Waals surface area contributed by atoms with Gasteiger partial charge in [-0.05, 0) is 25.7 Å². The number of nitrogens with one attached hydrogen (secondary N) is 1. The molecule has 1 aliphatic heterocycles. The molecule has 1 saturated carbocycles. The fraction of sp³-hybridized carbons (Fsp3) is 0.714. The van der Waals surface area contributed by atoms with Gasteiger partial charge in [0.1, 0.15) is 5.82 Å². The van der Waals surface area contributed by atoms with E-state index >= 15 is 0 Å². The van der Waals surface area contributed by atoms with Crippen molar-refractivity contribution in [3.63, 3.8) is 0 Å². The summed E-state index contributed by atoms with van der Waals surface area (Å²) in [5.41, 5.74) is 0.149. The van der Waals surface area contributed by atoms with E-state index in [4.69, 9.17) is 4.74 Å². The third kappa shape index (κ3) is 2.64. The highest BCUT2D eigenvalue weighted by atomic mass is 16.5. The lowest BCUT2D eigenvalue weighted by molar-refractivity contribution is -0.103. The van der Waals surface area contributed by atoms with Crippen LogP contribution in [0.2, 0.25) is 0 Å². The van der Waals surface area contributed by atoms with Crippen molar-refractivity contribution in [3.05, 3.63) is 18.6 Å². The van der Waals surface area contributed by atoms with E-state index in [1.807, 2.05) is 0 Å². The summed E-state index contributed by atoms with van der Waals surface area (Å²) in [6.45, 7) is 0.873. The van der Waals surface area contributed by atoms with Crippen molar-refractivity contribution in [1.82, 2.24) is 9.97 Å². The van der Waals surface area contributed by atoms with Crippen LogP contribution in [-0.4, -0.2) is 28.2 Å². The van der Waals surface area contributed by atoms with Crippen LogP contribution in [0.4, 0.5) is 5.82 Å². The fourth-order valence-electron chi connectivity index (χ4n) is 3.28. The topological polar surface area (TPSA) is 47.0 Å². The standard InChI is InChI=1S/C14H21N3O/c1-2-5-14(6-3-1)10-12(4-9-18-14)17-13-11-15-7-8-16-13/h7-8,11-12H,1-6,9-10H2,(H,16,17)/t12-/m1/s1. The summed E-state index contributed by atoms with van der Waals surface area (Å²) in [6, 6.07) is 0.480. The third-order valence-electron chi connectivity index (χ3n) is 4.17. The van der Waals surface area contributed by atoms with Crippen molar-refractivity contribution >= 4 is 5.82 Å². The van der Waals surface area contributed by atoms with Crippen LogP contribution in [0, 0.1) is 0 Å². The summed E-state index contributed by atoms with van der Waals surface area (Å²) in [5, 5.41) is 3.50. The predicted octanol–water partition coefficient (Wildman–Crippen LogP) is 2.77. The second-order valence-corrected chi connectivity index (χ2v) is 5.52. The van der Waals surface area contributed by atoms with Crippen LogP contribution in [0.15, 0.2) is 18.6 Å². The Morgan fingerprint density at radius 1 is 1.22 bits per heavy atom. The summed E-state index contributed by atoms with van der Waals surface area (Å²) in [7, 11) is 0. The predicted molar refractivity (Wildman–Crippen MR) is 70.4 cm³/mol. The molecule has 98 valence electrons. The van der Waals surface area contributed by atoms with Gasteiger partial charge in [0.15, 0.2) is 0 Å². The normalized spacial score (nSPS) is 27.0. The lowest BCUT2D eigenvalue weighted by Crippen LogP contribution is -2.45. The Balaban J connectivity index is 1.63. The summed E-state index contributed by atoms with van der Waals surface area (Å²) in [4.78, 5) is 8.39. The molecule has 0 unspecified atom stereocenters. The molecule has 0 radical (unpaired) electrons. The molecule has 0 aromatic carbocycles. The molecule has 1 aliphatic carbocycles. The van der Waals surface area contributed by atoms with Gasteiger partial charge in [0.2, 0.25) is 0 Å². The van der Waals surface area contributed by atoms with Gasteiger partial charge in [-0.25, -0.2) is 4.98 Å². The van der Waals surface area contributed by atoms with Crippen molar-refractivity contribution in [2.45, 2.75) is 56.6 Å². The van der Waals surface area contributed by atoms with E-state index in [-0.39, 0.29) is 5.60 Å². The summed E-state index contributed by atoms with van der Waals surface area (Å²) in [6.07, 6.45) is 13.9. The highest BCUT2D eigenvalue weighted by molar-refractivity contribution is 5.31. The molecule has 2 aliphatic rings. The zero-order valence-corrected chi connectivity index (χ0v) is 10.8. The smallest absolute Gasteiger partial charge is 0.144 e. The zero-order chi connectivity index (χ0) is 12.3. The minimum Gasteiger partial charge on any atom is -0.375 e. The first-order chi connectivity index (χ1) is 8.86. The number of aromatic nitrogens is 2. The van der Waals surface area contributed by atoms with Gasteiger partial charge in [-0.15, -0.1) is 0 Å². The molecule has 2 fully saturated rings. The monoisotopic (exact) mass is 247 g/mol. The molecular weight excluding hydrogens is 226 g/mol. The molecule has 4 nitrogen and oxygen atoms in total. The second kappa shape index (κ2) is 5.22. The van der Waals surface area contributed by atoms with Crippen LogP contribution >= 0.6 is 0 Å². The Kier molecular flexibility index (Phi) is 3.46. The first-order valence-electron chi connectivity index (χ1n) is 7.03. The van der Waals surface area contributed by atoms with Crippen molar-refractivity contribution in [2.24, 2.45) is 0 Å². The molecule has 1 aromatic heterocycles. The molecule has 0 amide bonds. The summed E-state index contributed by atoms with van der Waals surface area (Å²) >= 11 is 0. The number of rotatable bonds is 2. The lowest BCUT2D eigenvalue weighted by Gasteiger charge is -2.43. The molecule has 1 atom stereocenters. The first kappa shape index (κ1) is 11.9. The third-order valence-corrected chi connectivity index (χ3v) is 4.17. The van der Waals surface area contributed by atoms with Gasteiger partial charge in [-0.2, -0.15) is 0 Å². The molecule has 3 rings (SSSR count). The van der Waals surface area contributed by atoms with E-state index in [1.54, 1.807) is 18.6 Å². The summed E-state index contributed by atoms with van der Waals surface area (Å²) in [5.74, 6) is 0.885. The number of nitrogens with zero attached hydrogens (tertiary/aromatic N) is 2. The van der Waals surface area contributed by atoms with Crippen molar-refractivity contribution in [2.75, 3.05) is 11.9 Å². The van der Waals surface area contributed by atoms with Gasteiger partial charge in [0, 0.05) is 25.0 Å². The van der Waals surface area contributed by atoms with E-state index in [0.29, 0.717) is 6.04 Å². The van der Waals surface area contributed by atoms with Crippen LogP contribution in [0.5, 0.6) is 0 Å². The SMILES string of the molecule is c1cnc(N[C@@H]2CCOC3(CCCCC3)C2)cn1. The number of anilines is 1. The Hall–Kier alpha value is -1.16. The van der Waals surface area contributed by atoms with E-state index < -0.39 is 0 Å². The highest BCUT2D eigenvalue weighted by Gasteiger charge is 2.38. The van der Waals surface area contributed by atoms with Crippen LogP contribution in [-0.2, 0) is 4.74 Å². The van der Waals surface area contributed by atoms with Gasteiger partial charge in [0.05, 0.1) is 11.8 Å². The van der Waals surface area contributed by atoms with Gasteiger partial charge >= 0.3 is 0 Å². The van der Waals surface area contributed by atoms with E-state index in [1.165, 1.54) is 32.1 Å². The Labute approximate surface area is 108 Å². The molecule has 4 heteroatoms. The molecule has 0 bridgehead atoms. The Morgan fingerprint density at radius 3 is 2.89 bits per heavy atom. The van der Waals surface area contributed by atoms with Crippen molar-refractivity contribution in [3.8, 4) is 0 Å². The maximum absolute atomic E-state index is 6.10. The van der Waals surface area contributed by atoms with Gasteiger partial charge in [-0.1, -0.05) is 19.3 Å². The van der Waals surface area contributed by atoms with Gasteiger partial charge < -0.3 is 10.1 Å². The van der Waals surface area contributed by atoms with E-state index in [9.17, 15) is 0 Å². The number of ether oxygens (including phenoxy) is 1. The Morgan fingerprint density at radius 2 is 2.11 bits per heavy atom. The lowest BCUT2D eigenvalue weighted by atomic mass is 9.78. The van der Waals surface area contributed by atoms with Crippen LogP contribution in [0.1, 0.15) is 44.9 Å². The van der Waals surface area contributed by atoms with Crippen LogP contribution < -0.4 is 5.32 Å². The van der Waals surface area contributed by atoms with E-state index in [2.05, 4.69) is 15.3 Å². The average Bonchev–Trinajstić information content (AvgIpc) is 2.41. The van der Waals surface area contributed by atoms with E-state index in [0.717, 1.165) is 25.3 Å². The molecular formula is C14H21N3O. The van der Waals surface area contributed by atoms with Crippen molar-refractivity contribution in [1.29, 1.82) is 0 Å². The molecule has 1 spiro atoms. The number of hydrogen-bond donors (Lipinski definition) is 1. The molecule has 18 heavy (non-hydrogen) atoms. The molecule has 1 N–H and O–H groups in total. The Bertz CT molecular complexity index is 370. The largest absolute Gasteiger partial charge is 0.375 e. The minimum atomic E-state index is 0.149. The minimum absolute atomic E-state index is 0.149. The quantitative estimate of drug-likeness (QED) is 0.873. The highest BCUT2D eigenvalue weighted by Crippen LogP contribution is 2.39.